The van der Waals surface area contributed by atoms with Crippen LogP contribution < -0.4 is 0 Å². The van der Waals surface area contributed by atoms with Gasteiger partial charge in [-0.25, -0.2) is 0 Å². The van der Waals surface area contributed by atoms with Crippen molar-refractivity contribution < 1.29 is 19.3 Å². The summed E-state index contributed by atoms with van der Waals surface area (Å²) < 4.78 is 17.0. The highest BCUT2D eigenvalue weighted by molar-refractivity contribution is 7.99. The lowest BCUT2D eigenvalue weighted by Crippen LogP contribution is -2.32. The molecule has 4 unspecified atom stereocenters. The minimum atomic E-state index is -0.552. The third-order valence-corrected chi connectivity index (χ3v) is 3.82. The molecule has 4 nitrogen and oxygen atoms in total. The Balaban J connectivity index is 1.82. The topological polar surface area (TPSA) is 47.9 Å². The Hall–Kier alpha value is 0.190. The van der Waals surface area contributed by atoms with Crippen molar-refractivity contribution in [1.29, 1.82) is 0 Å². The highest BCUT2D eigenvalue weighted by atomic mass is 32.2. The van der Waals surface area contributed by atoms with Crippen molar-refractivity contribution in [3.63, 3.8) is 0 Å². The van der Waals surface area contributed by atoms with E-state index in [-0.39, 0.29) is 18.5 Å². The summed E-state index contributed by atoms with van der Waals surface area (Å²) >= 11 is 1.72. The Morgan fingerprint density at radius 3 is 2.81 bits per heavy atom. The van der Waals surface area contributed by atoms with E-state index in [4.69, 9.17) is 14.2 Å². The zero-order valence-corrected chi connectivity index (χ0v) is 10.8. The van der Waals surface area contributed by atoms with Crippen LogP contribution in [-0.2, 0) is 14.2 Å². The normalized spacial score (nSPS) is 38.6. The fraction of sp³-hybridized carbons (Fsp3) is 1.00. The van der Waals surface area contributed by atoms with Crippen LogP contribution in [0.15, 0.2) is 0 Å². The first kappa shape index (κ1) is 12.6. The average molecular weight is 248 g/mol. The van der Waals surface area contributed by atoms with E-state index in [1.165, 1.54) is 0 Å². The molecule has 0 spiro atoms. The molecule has 4 atom stereocenters. The van der Waals surface area contributed by atoms with Gasteiger partial charge in [0.15, 0.2) is 12.1 Å². The van der Waals surface area contributed by atoms with Crippen molar-refractivity contribution in [3.8, 4) is 0 Å². The van der Waals surface area contributed by atoms with Gasteiger partial charge in [0.2, 0.25) is 0 Å². The summed E-state index contributed by atoms with van der Waals surface area (Å²) in [5.74, 6) is 1.17. The first-order valence-corrected chi connectivity index (χ1v) is 6.94. The third kappa shape index (κ3) is 2.71. The smallest absolute Gasteiger partial charge is 0.187 e. The van der Waals surface area contributed by atoms with Crippen molar-refractivity contribution in [3.05, 3.63) is 0 Å². The van der Waals surface area contributed by atoms with Crippen molar-refractivity contribution >= 4 is 11.8 Å². The van der Waals surface area contributed by atoms with E-state index in [1.54, 1.807) is 11.8 Å². The molecule has 0 saturated carbocycles. The van der Waals surface area contributed by atoms with Crippen LogP contribution >= 0.6 is 11.8 Å². The minimum absolute atomic E-state index is 0.0266. The number of rotatable bonds is 4. The van der Waals surface area contributed by atoms with Gasteiger partial charge in [-0.2, -0.15) is 11.8 Å². The molecule has 2 rings (SSSR count). The largest absolute Gasteiger partial charge is 0.390 e. The summed E-state index contributed by atoms with van der Waals surface area (Å²) in [5.41, 5.74) is 0. The standard InChI is InChI=1S/C11H20O4S/c1-4-16-6-7(12)8-5-9-10(13-8)15-11(2,3)14-9/h7-10,12H,4-6H2,1-3H3. The summed E-state index contributed by atoms with van der Waals surface area (Å²) in [6.45, 7) is 5.84. The zero-order valence-electron chi connectivity index (χ0n) is 10.0. The minimum Gasteiger partial charge on any atom is -0.390 e. The van der Waals surface area contributed by atoms with Crippen LogP contribution in [0.2, 0.25) is 0 Å². The van der Waals surface area contributed by atoms with Crippen LogP contribution in [0.25, 0.3) is 0 Å². The van der Waals surface area contributed by atoms with Crippen molar-refractivity contribution in [2.45, 2.75) is 57.6 Å². The summed E-state index contributed by atoms with van der Waals surface area (Å²) in [6, 6.07) is 0. The predicted molar refractivity (Wildman–Crippen MR) is 62.3 cm³/mol. The Labute approximate surface area is 101 Å². The molecule has 94 valence electrons. The molecule has 2 saturated heterocycles. The predicted octanol–water partition coefficient (Wildman–Crippen LogP) is 1.37. The third-order valence-electron chi connectivity index (χ3n) is 2.83. The molecule has 0 amide bonds. The van der Waals surface area contributed by atoms with E-state index in [9.17, 15) is 5.11 Å². The number of fused-ring (bicyclic) bond motifs is 1. The van der Waals surface area contributed by atoms with E-state index >= 15 is 0 Å². The van der Waals surface area contributed by atoms with E-state index in [2.05, 4.69) is 6.92 Å². The van der Waals surface area contributed by atoms with Gasteiger partial charge in [0, 0.05) is 12.2 Å². The van der Waals surface area contributed by atoms with E-state index in [0.29, 0.717) is 5.75 Å². The quantitative estimate of drug-likeness (QED) is 0.814. The molecule has 1 N–H and O–H groups in total. The second-order valence-electron chi connectivity index (χ2n) is 4.68. The highest BCUT2D eigenvalue weighted by Gasteiger charge is 2.49. The maximum atomic E-state index is 9.91. The van der Waals surface area contributed by atoms with Gasteiger partial charge in [0.1, 0.15) is 6.10 Å². The maximum Gasteiger partial charge on any atom is 0.187 e. The molecule has 16 heavy (non-hydrogen) atoms. The fourth-order valence-electron chi connectivity index (χ4n) is 2.13. The SMILES string of the molecule is CCSCC(O)C1CC2OC(C)(C)OC2O1. The van der Waals surface area contributed by atoms with Crippen LogP contribution in [0.5, 0.6) is 0 Å². The molecule has 0 aromatic rings. The fourth-order valence-corrected chi connectivity index (χ4v) is 2.82. The van der Waals surface area contributed by atoms with Gasteiger partial charge in [-0.3, -0.25) is 0 Å². The molecule has 2 heterocycles. The average Bonchev–Trinajstić information content (AvgIpc) is 2.67. The van der Waals surface area contributed by atoms with Crippen molar-refractivity contribution in [1.82, 2.24) is 0 Å². The first-order valence-electron chi connectivity index (χ1n) is 5.79. The summed E-state index contributed by atoms with van der Waals surface area (Å²) in [4.78, 5) is 0. The van der Waals surface area contributed by atoms with E-state index in [0.717, 1.165) is 12.2 Å². The highest BCUT2D eigenvalue weighted by Crippen LogP contribution is 2.38. The number of hydrogen-bond donors (Lipinski definition) is 1. The Morgan fingerprint density at radius 1 is 1.44 bits per heavy atom. The lowest BCUT2D eigenvalue weighted by atomic mass is 10.1. The van der Waals surface area contributed by atoms with Crippen LogP contribution in [0.1, 0.15) is 27.2 Å². The summed E-state index contributed by atoms with van der Waals surface area (Å²) in [7, 11) is 0. The van der Waals surface area contributed by atoms with Gasteiger partial charge in [-0.1, -0.05) is 6.92 Å². The number of ether oxygens (including phenoxy) is 3. The molecule has 2 aliphatic heterocycles. The van der Waals surface area contributed by atoms with Gasteiger partial charge in [-0.05, 0) is 19.6 Å². The second kappa shape index (κ2) is 4.82. The second-order valence-corrected chi connectivity index (χ2v) is 6.00. The van der Waals surface area contributed by atoms with Crippen LogP contribution in [0.3, 0.4) is 0 Å². The number of aliphatic hydroxyl groups excluding tert-OH is 1. The Bertz CT molecular complexity index is 230. The number of aliphatic hydroxyl groups is 1. The molecular formula is C11H20O4S. The van der Waals surface area contributed by atoms with Crippen molar-refractivity contribution in [2.75, 3.05) is 11.5 Å². The number of thioether (sulfide) groups is 1. The van der Waals surface area contributed by atoms with Gasteiger partial charge >= 0.3 is 0 Å². The summed E-state index contributed by atoms with van der Waals surface area (Å²) in [6.07, 6.45) is -0.182. The molecule has 0 radical (unpaired) electrons. The van der Waals surface area contributed by atoms with Crippen LogP contribution in [0, 0.1) is 0 Å². The van der Waals surface area contributed by atoms with Crippen LogP contribution in [-0.4, -0.2) is 47.0 Å². The molecule has 0 aliphatic carbocycles. The maximum absolute atomic E-state index is 9.91. The van der Waals surface area contributed by atoms with Crippen LogP contribution in [0.4, 0.5) is 0 Å². The lowest BCUT2D eigenvalue weighted by molar-refractivity contribution is -0.212. The van der Waals surface area contributed by atoms with Gasteiger partial charge in [0.05, 0.1) is 12.2 Å². The van der Waals surface area contributed by atoms with Gasteiger partial charge < -0.3 is 19.3 Å². The first-order chi connectivity index (χ1) is 7.52. The zero-order chi connectivity index (χ0) is 11.8. The van der Waals surface area contributed by atoms with E-state index in [1.807, 2.05) is 13.8 Å². The summed E-state index contributed by atoms with van der Waals surface area (Å²) in [5, 5.41) is 9.91. The van der Waals surface area contributed by atoms with Crippen molar-refractivity contribution in [2.24, 2.45) is 0 Å². The van der Waals surface area contributed by atoms with Gasteiger partial charge in [0.25, 0.3) is 0 Å². The molecule has 0 bridgehead atoms. The molecule has 2 fully saturated rings. The number of hydrogen-bond acceptors (Lipinski definition) is 5. The lowest BCUT2D eigenvalue weighted by Gasteiger charge is -2.22. The molecule has 0 aromatic carbocycles. The monoisotopic (exact) mass is 248 g/mol. The molecule has 5 heteroatoms. The molecule has 0 aromatic heterocycles. The van der Waals surface area contributed by atoms with E-state index < -0.39 is 11.9 Å². The Kier molecular flexibility index (Phi) is 3.81. The van der Waals surface area contributed by atoms with Gasteiger partial charge in [-0.15, -0.1) is 0 Å². The Morgan fingerprint density at radius 2 is 2.19 bits per heavy atom. The molecular weight excluding hydrogens is 228 g/mol. The molecule has 2 aliphatic rings.